The average molecular weight is 257 g/mol. The highest BCUT2D eigenvalue weighted by atomic mass is 35.5. The van der Waals surface area contributed by atoms with E-state index in [1.807, 2.05) is 25.1 Å². The molecule has 1 amide bonds. The lowest BCUT2D eigenvalue weighted by Crippen LogP contribution is -2.32. The third-order valence-electron chi connectivity index (χ3n) is 2.48. The van der Waals surface area contributed by atoms with Gasteiger partial charge in [0.05, 0.1) is 0 Å². The van der Waals surface area contributed by atoms with Crippen LogP contribution in [0.4, 0.5) is 0 Å². The number of halogens is 1. The van der Waals surface area contributed by atoms with Crippen LogP contribution in [-0.2, 0) is 4.79 Å². The molecule has 3 nitrogen and oxygen atoms in total. The van der Waals surface area contributed by atoms with Crippen molar-refractivity contribution in [2.75, 3.05) is 6.54 Å². The lowest BCUT2D eigenvalue weighted by Gasteiger charge is -2.13. The fourth-order valence-electron chi connectivity index (χ4n) is 1.53. The van der Waals surface area contributed by atoms with Crippen molar-refractivity contribution >= 4 is 18.3 Å². The number of nitrogens with one attached hydrogen (secondary N) is 1. The molecule has 1 aromatic carbocycles. The largest absolute Gasteiger partial charge is 0.355 e. The van der Waals surface area contributed by atoms with Crippen molar-refractivity contribution in [3.63, 3.8) is 0 Å². The summed E-state index contributed by atoms with van der Waals surface area (Å²) in [6, 6.07) is 10.1. The van der Waals surface area contributed by atoms with Gasteiger partial charge in [-0.2, -0.15) is 0 Å². The lowest BCUT2D eigenvalue weighted by atomic mass is 10.0. The van der Waals surface area contributed by atoms with Crippen molar-refractivity contribution in [1.82, 2.24) is 5.32 Å². The second-order valence-corrected chi connectivity index (χ2v) is 4.30. The predicted molar refractivity (Wildman–Crippen MR) is 73.4 cm³/mol. The van der Waals surface area contributed by atoms with Crippen molar-refractivity contribution in [1.29, 1.82) is 0 Å². The van der Waals surface area contributed by atoms with Crippen molar-refractivity contribution < 1.29 is 4.79 Å². The minimum absolute atomic E-state index is 0. The summed E-state index contributed by atoms with van der Waals surface area (Å²) >= 11 is 0. The molecule has 1 aromatic rings. The Morgan fingerprint density at radius 2 is 1.88 bits per heavy atom. The van der Waals surface area contributed by atoms with Crippen LogP contribution in [0.25, 0.3) is 0 Å². The smallest absolute Gasteiger partial charge is 0.221 e. The normalized spacial score (nSPS) is 13.4. The van der Waals surface area contributed by atoms with E-state index in [2.05, 4.69) is 24.4 Å². The number of hydrogen-bond donors (Lipinski definition) is 2. The van der Waals surface area contributed by atoms with Gasteiger partial charge in [-0.05, 0) is 18.4 Å². The Morgan fingerprint density at radius 1 is 1.29 bits per heavy atom. The zero-order valence-electron chi connectivity index (χ0n) is 10.3. The summed E-state index contributed by atoms with van der Waals surface area (Å²) in [5, 5.41) is 2.89. The molecule has 0 fully saturated rings. The Kier molecular flexibility index (Phi) is 7.59. The fourth-order valence-corrected chi connectivity index (χ4v) is 1.53. The fraction of sp³-hybridized carbons (Fsp3) is 0.462. The Hall–Kier alpha value is -1.06. The second-order valence-electron chi connectivity index (χ2n) is 4.30. The van der Waals surface area contributed by atoms with E-state index in [0.717, 1.165) is 0 Å². The lowest BCUT2D eigenvalue weighted by molar-refractivity contribution is -0.121. The van der Waals surface area contributed by atoms with Gasteiger partial charge in [-0.25, -0.2) is 0 Å². The molecule has 2 atom stereocenters. The topological polar surface area (TPSA) is 55.1 Å². The summed E-state index contributed by atoms with van der Waals surface area (Å²) < 4.78 is 0. The Bertz CT molecular complexity index is 327. The number of hydrogen-bond acceptors (Lipinski definition) is 2. The van der Waals surface area contributed by atoms with Crippen molar-refractivity contribution in [2.24, 2.45) is 5.73 Å². The minimum Gasteiger partial charge on any atom is -0.355 e. The van der Waals surface area contributed by atoms with Crippen LogP contribution >= 0.6 is 12.4 Å². The van der Waals surface area contributed by atoms with E-state index in [0.29, 0.717) is 18.9 Å². The van der Waals surface area contributed by atoms with Gasteiger partial charge in [0, 0.05) is 19.0 Å². The van der Waals surface area contributed by atoms with E-state index in [1.165, 1.54) is 5.56 Å². The van der Waals surface area contributed by atoms with Gasteiger partial charge >= 0.3 is 0 Å². The molecule has 17 heavy (non-hydrogen) atoms. The highest BCUT2D eigenvalue weighted by molar-refractivity contribution is 5.85. The zero-order valence-corrected chi connectivity index (χ0v) is 11.2. The quantitative estimate of drug-likeness (QED) is 0.847. The first kappa shape index (κ1) is 15.9. The molecule has 2 unspecified atom stereocenters. The molecule has 0 heterocycles. The van der Waals surface area contributed by atoms with Crippen molar-refractivity contribution in [2.45, 2.75) is 32.2 Å². The molecule has 0 spiro atoms. The van der Waals surface area contributed by atoms with Gasteiger partial charge in [-0.1, -0.05) is 37.3 Å². The first-order valence-electron chi connectivity index (χ1n) is 5.67. The number of amides is 1. The molecule has 1 rings (SSSR count). The van der Waals surface area contributed by atoms with Crippen LogP contribution in [0.5, 0.6) is 0 Å². The summed E-state index contributed by atoms with van der Waals surface area (Å²) in [5.41, 5.74) is 6.79. The maximum absolute atomic E-state index is 11.4. The summed E-state index contributed by atoms with van der Waals surface area (Å²) in [7, 11) is 0. The van der Waals surface area contributed by atoms with Crippen LogP contribution in [0.3, 0.4) is 0 Å². The highest BCUT2D eigenvalue weighted by Gasteiger charge is 2.08. The number of carbonyl (C=O) groups excluding carboxylic acids is 1. The summed E-state index contributed by atoms with van der Waals surface area (Å²) in [6.07, 6.45) is 0.390. The number of carbonyl (C=O) groups is 1. The Labute approximate surface area is 109 Å². The molecular formula is C13H21ClN2O. The van der Waals surface area contributed by atoms with Crippen LogP contribution in [-0.4, -0.2) is 18.5 Å². The molecular weight excluding hydrogens is 236 g/mol. The molecule has 0 aliphatic carbocycles. The van der Waals surface area contributed by atoms with Crippen LogP contribution in [0.2, 0.25) is 0 Å². The van der Waals surface area contributed by atoms with Gasteiger partial charge in [0.1, 0.15) is 0 Å². The van der Waals surface area contributed by atoms with Gasteiger partial charge in [-0.3, -0.25) is 4.79 Å². The number of benzene rings is 1. The third-order valence-corrected chi connectivity index (χ3v) is 2.48. The monoisotopic (exact) mass is 256 g/mol. The van der Waals surface area contributed by atoms with Gasteiger partial charge < -0.3 is 11.1 Å². The summed E-state index contributed by atoms with van der Waals surface area (Å²) in [5.74, 6) is 0.357. The number of rotatable bonds is 5. The van der Waals surface area contributed by atoms with E-state index >= 15 is 0 Å². The second kappa shape index (κ2) is 8.09. The van der Waals surface area contributed by atoms with Gasteiger partial charge in [0.2, 0.25) is 5.91 Å². The van der Waals surface area contributed by atoms with Gasteiger partial charge in [0.25, 0.3) is 0 Å². The molecule has 96 valence electrons. The summed E-state index contributed by atoms with van der Waals surface area (Å²) in [4.78, 5) is 11.4. The van der Waals surface area contributed by atoms with Gasteiger partial charge in [0.15, 0.2) is 0 Å². The predicted octanol–water partition coefficient (Wildman–Crippen LogP) is 2.07. The Balaban J connectivity index is 0.00000256. The molecule has 0 aliphatic heterocycles. The standard InChI is InChI=1S/C13H20N2O.ClH/c1-10(12-6-4-3-5-7-12)9-15-13(16)8-11(2)14;/h3-7,10-11H,8-9,14H2,1-2H3,(H,15,16);1H. The molecule has 0 aliphatic rings. The van der Waals surface area contributed by atoms with Crippen LogP contribution in [0.1, 0.15) is 31.7 Å². The maximum Gasteiger partial charge on any atom is 0.221 e. The van der Waals surface area contributed by atoms with Gasteiger partial charge in [-0.15, -0.1) is 12.4 Å². The first-order valence-corrected chi connectivity index (χ1v) is 5.67. The minimum atomic E-state index is -0.0768. The van der Waals surface area contributed by atoms with Crippen molar-refractivity contribution in [3.8, 4) is 0 Å². The zero-order chi connectivity index (χ0) is 12.0. The van der Waals surface area contributed by atoms with E-state index in [4.69, 9.17) is 5.73 Å². The van der Waals surface area contributed by atoms with Crippen LogP contribution < -0.4 is 11.1 Å². The first-order chi connectivity index (χ1) is 7.59. The van der Waals surface area contributed by atoms with Crippen LogP contribution in [0, 0.1) is 0 Å². The van der Waals surface area contributed by atoms with E-state index < -0.39 is 0 Å². The molecule has 0 aromatic heterocycles. The molecule has 0 bridgehead atoms. The molecule has 4 heteroatoms. The van der Waals surface area contributed by atoms with E-state index in [-0.39, 0.29) is 24.4 Å². The molecule has 0 saturated carbocycles. The molecule has 0 radical (unpaired) electrons. The molecule has 0 saturated heterocycles. The Morgan fingerprint density at radius 3 is 2.41 bits per heavy atom. The van der Waals surface area contributed by atoms with E-state index in [1.54, 1.807) is 0 Å². The highest BCUT2D eigenvalue weighted by Crippen LogP contribution is 2.12. The van der Waals surface area contributed by atoms with Crippen molar-refractivity contribution in [3.05, 3.63) is 35.9 Å². The molecule has 3 N–H and O–H groups in total. The van der Waals surface area contributed by atoms with Crippen LogP contribution in [0.15, 0.2) is 30.3 Å². The third kappa shape index (κ3) is 6.29. The van der Waals surface area contributed by atoms with E-state index in [9.17, 15) is 4.79 Å². The summed E-state index contributed by atoms with van der Waals surface area (Å²) in [6.45, 7) is 4.59. The average Bonchev–Trinajstić information content (AvgIpc) is 2.26. The number of nitrogens with two attached hydrogens (primary N) is 1. The SMILES string of the molecule is CC(N)CC(=O)NCC(C)c1ccccc1.Cl. The maximum atomic E-state index is 11.4.